The summed E-state index contributed by atoms with van der Waals surface area (Å²) in [7, 11) is -3.54. The molecule has 5 nitrogen and oxygen atoms in total. The maximum absolute atomic E-state index is 12.3. The van der Waals surface area contributed by atoms with E-state index in [9.17, 15) is 8.42 Å². The van der Waals surface area contributed by atoms with Crippen molar-refractivity contribution in [2.24, 2.45) is 0 Å². The van der Waals surface area contributed by atoms with E-state index in [1.165, 1.54) is 0 Å². The molecule has 0 bridgehead atoms. The van der Waals surface area contributed by atoms with Gasteiger partial charge in [-0.1, -0.05) is 17.7 Å². The molecule has 0 aliphatic rings. The minimum Gasteiger partial charge on any atom is -0.264 e. The number of nitrogens with zero attached hydrogens (tertiary/aromatic N) is 2. The van der Waals surface area contributed by atoms with Crippen molar-refractivity contribution in [2.45, 2.75) is 18.4 Å². The molecule has 122 valence electrons. The topological polar surface area (TPSA) is 72.0 Å². The fourth-order valence-corrected chi connectivity index (χ4v) is 3.25. The lowest BCUT2D eigenvalue weighted by Crippen LogP contribution is -2.23. The van der Waals surface area contributed by atoms with E-state index in [2.05, 4.69) is 14.7 Å². The molecule has 1 aromatic carbocycles. The second-order valence-electron chi connectivity index (χ2n) is 5.43. The average Bonchev–Trinajstić information content (AvgIpc) is 2.61. The van der Waals surface area contributed by atoms with Gasteiger partial charge in [-0.05, 0) is 48.9 Å². The molecule has 24 heavy (non-hydrogen) atoms. The van der Waals surface area contributed by atoms with Gasteiger partial charge in [0.05, 0.1) is 10.6 Å². The quantitative estimate of drug-likeness (QED) is 0.776. The van der Waals surface area contributed by atoms with Gasteiger partial charge in [-0.15, -0.1) is 0 Å². The van der Waals surface area contributed by atoms with Crippen molar-refractivity contribution in [1.29, 1.82) is 0 Å². The Kier molecular flexibility index (Phi) is 4.69. The highest BCUT2D eigenvalue weighted by Gasteiger charge is 2.13. The Balaban J connectivity index is 1.76. The van der Waals surface area contributed by atoms with E-state index in [1.54, 1.807) is 48.9 Å². The third-order valence-corrected chi connectivity index (χ3v) is 5.00. The normalized spacial score (nSPS) is 11.4. The number of aromatic nitrogens is 2. The minimum absolute atomic E-state index is 0.200. The summed E-state index contributed by atoms with van der Waals surface area (Å²) in [5.41, 5.74) is 3.50. The van der Waals surface area contributed by atoms with Crippen molar-refractivity contribution >= 4 is 10.0 Å². The molecule has 0 fully saturated rings. The summed E-state index contributed by atoms with van der Waals surface area (Å²) < 4.78 is 27.3. The third kappa shape index (κ3) is 3.84. The van der Waals surface area contributed by atoms with Gasteiger partial charge in [0.15, 0.2) is 0 Å². The zero-order valence-corrected chi connectivity index (χ0v) is 14.0. The average molecular weight is 339 g/mol. The lowest BCUT2D eigenvalue weighted by molar-refractivity contribution is 0.581. The molecular weight excluding hydrogens is 322 g/mol. The molecule has 3 rings (SSSR count). The highest BCUT2D eigenvalue weighted by molar-refractivity contribution is 7.89. The number of pyridine rings is 2. The summed E-state index contributed by atoms with van der Waals surface area (Å²) >= 11 is 0. The van der Waals surface area contributed by atoms with E-state index in [0.717, 1.165) is 22.4 Å². The Morgan fingerprint density at radius 2 is 1.83 bits per heavy atom. The van der Waals surface area contributed by atoms with Crippen molar-refractivity contribution < 1.29 is 8.42 Å². The molecular formula is C18H17N3O2S. The van der Waals surface area contributed by atoms with Crippen LogP contribution in [0.1, 0.15) is 11.1 Å². The predicted molar refractivity (Wildman–Crippen MR) is 92.7 cm³/mol. The lowest BCUT2D eigenvalue weighted by Gasteiger charge is -2.08. The Hall–Kier alpha value is -2.57. The molecule has 0 atom stereocenters. The number of aryl methyl sites for hydroxylation is 1. The molecule has 0 amide bonds. The molecule has 0 saturated heterocycles. The molecule has 0 saturated carbocycles. The van der Waals surface area contributed by atoms with Crippen molar-refractivity contribution in [3.8, 4) is 11.3 Å². The van der Waals surface area contributed by atoms with E-state index < -0.39 is 10.0 Å². The largest absolute Gasteiger partial charge is 0.264 e. The fraction of sp³-hybridized carbons (Fsp3) is 0.111. The van der Waals surface area contributed by atoms with Crippen LogP contribution in [0.4, 0.5) is 0 Å². The van der Waals surface area contributed by atoms with Gasteiger partial charge in [-0.25, -0.2) is 13.1 Å². The van der Waals surface area contributed by atoms with Crippen LogP contribution in [0.15, 0.2) is 72.0 Å². The predicted octanol–water partition coefficient (Wildman–Crippen LogP) is 2.93. The van der Waals surface area contributed by atoms with Gasteiger partial charge in [0.1, 0.15) is 0 Å². The van der Waals surface area contributed by atoms with Crippen LogP contribution in [0.5, 0.6) is 0 Å². The first-order valence-corrected chi connectivity index (χ1v) is 8.94. The first kappa shape index (κ1) is 16.3. The first-order valence-electron chi connectivity index (χ1n) is 7.46. The summed E-state index contributed by atoms with van der Waals surface area (Å²) in [6, 6.07) is 14.2. The van der Waals surface area contributed by atoms with Crippen LogP contribution in [0, 0.1) is 6.92 Å². The monoisotopic (exact) mass is 339 g/mol. The van der Waals surface area contributed by atoms with Crippen LogP contribution in [0.2, 0.25) is 0 Å². The third-order valence-electron chi connectivity index (χ3n) is 3.58. The van der Waals surface area contributed by atoms with E-state index in [1.807, 2.05) is 25.1 Å². The maximum Gasteiger partial charge on any atom is 0.240 e. The molecule has 0 unspecified atom stereocenters. The highest BCUT2D eigenvalue weighted by atomic mass is 32.2. The summed E-state index contributed by atoms with van der Waals surface area (Å²) in [5, 5.41) is 0. The standard InChI is InChI=1S/C18H17N3O2S/c1-14-4-6-17(7-5-14)24(22,23)21-12-15-8-10-20-18(11-15)16-3-2-9-19-13-16/h2-11,13,21H,12H2,1H3. The Bertz CT molecular complexity index is 924. The van der Waals surface area contributed by atoms with Gasteiger partial charge in [0.25, 0.3) is 0 Å². The summed E-state index contributed by atoms with van der Waals surface area (Å²) in [6.07, 6.45) is 5.09. The number of benzene rings is 1. The SMILES string of the molecule is Cc1ccc(S(=O)(=O)NCc2ccnc(-c3cccnc3)c2)cc1. The van der Waals surface area contributed by atoms with Crippen molar-refractivity contribution in [3.05, 3.63) is 78.2 Å². The smallest absolute Gasteiger partial charge is 0.240 e. The molecule has 0 aliphatic heterocycles. The van der Waals surface area contributed by atoms with E-state index in [4.69, 9.17) is 0 Å². The van der Waals surface area contributed by atoms with Crippen LogP contribution >= 0.6 is 0 Å². The first-order chi connectivity index (χ1) is 11.5. The van der Waals surface area contributed by atoms with Crippen LogP contribution in [0.3, 0.4) is 0 Å². The van der Waals surface area contributed by atoms with Gasteiger partial charge in [-0.3, -0.25) is 9.97 Å². The van der Waals surface area contributed by atoms with Crippen LogP contribution in [-0.2, 0) is 16.6 Å². The van der Waals surface area contributed by atoms with Gasteiger partial charge in [0.2, 0.25) is 10.0 Å². The molecule has 2 aromatic heterocycles. The molecule has 6 heteroatoms. The number of hydrogen-bond acceptors (Lipinski definition) is 4. The van der Waals surface area contributed by atoms with E-state index >= 15 is 0 Å². The van der Waals surface area contributed by atoms with E-state index in [0.29, 0.717) is 0 Å². The molecule has 1 N–H and O–H groups in total. The van der Waals surface area contributed by atoms with Gasteiger partial charge < -0.3 is 0 Å². The molecule has 3 aromatic rings. The van der Waals surface area contributed by atoms with Crippen LogP contribution in [0.25, 0.3) is 11.3 Å². The molecule has 0 spiro atoms. The molecule has 0 radical (unpaired) electrons. The van der Waals surface area contributed by atoms with Crippen molar-refractivity contribution in [1.82, 2.24) is 14.7 Å². The molecule has 2 heterocycles. The van der Waals surface area contributed by atoms with Crippen LogP contribution in [-0.4, -0.2) is 18.4 Å². The Labute approximate surface area is 141 Å². The second-order valence-corrected chi connectivity index (χ2v) is 7.20. The number of sulfonamides is 1. The van der Waals surface area contributed by atoms with E-state index in [-0.39, 0.29) is 11.4 Å². The minimum atomic E-state index is -3.54. The Morgan fingerprint density at radius 3 is 2.54 bits per heavy atom. The Morgan fingerprint density at radius 1 is 1.04 bits per heavy atom. The van der Waals surface area contributed by atoms with Gasteiger partial charge in [-0.2, -0.15) is 0 Å². The summed E-state index contributed by atoms with van der Waals surface area (Å²) in [5.74, 6) is 0. The van der Waals surface area contributed by atoms with Crippen LogP contribution < -0.4 is 4.72 Å². The van der Waals surface area contributed by atoms with Crippen molar-refractivity contribution in [2.75, 3.05) is 0 Å². The highest BCUT2D eigenvalue weighted by Crippen LogP contribution is 2.17. The fourth-order valence-electron chi connectivity index (χ4n) is 2.24. The zero-order valence-electron chi connectivity index (χ0n) is 13.2. The summed E-state index contributed by atoms with van der Waals surface area (Å²) in [6.45, 7) is 2.12. The number of rotatable bonds is 5. The van der Waals surface area contributed by atoms with Gasteiger partial charge >= 0.3 is 0 Å². The van der Waals surface area contributed by atoms with Crippen molar-refractivity contribution in [3.63, 3.8) is 0 Å². The zero-order chi connectivity index (χ0) is 17.0. The summed E-state index contributed by atoms with van der Waals surface area (Å²) in [4.78, 5) is 8.63. The second kappa shape index (κ2) is 6.90. The number of hydrogen-bond donors (Lipinski definition) is 1. The maximum atomic E-state index is 12.3. The lowest BCUT2D eigenvalue weighted by atomic mass is 10.1. The van der Waals surface area contributed by atoms with Gasteiger partial charge in [0, 0.05) is 30.7 Å². The number of nitrogens with one attached hydrogen (secondary N) is 1. The molecule has 0 aliphatic carbocycles.